The molecule has 0 atom stereocenters. The molecule has 6 nitrogen and oxygen atoms in total. The van der Waals surface area contributed by atoms with Crippen LogP contribution < -0.4 is 5.32 Å². The predicted molar refractivity (Wildman–Crippen MR) is 76.8 cm³/mol. The van der Waals surface area contributed by atoms with E-state index < -0.39 is 0 Å². The number of ether oxygens (including phenoxy) is 2. The van der Waals surface area contributed by atoms with Crippen molar-refractivity contribution < 1.29 is 14.0 Å². The SMILES string of the molecule is COC1(c2noc(COC3CCNCC3)n2)CCCCC1. The second-order valence-electron chi connectivity index (χ2n) is 6.03. The van der Waals surface area contributed by atoms with Crippen molar-refractivity contribution in [3.8, 4) is 0 Å². The number of nitrogens with zero attached hydrogens (tertiary/aromatic N) is 2. The molecule has 1 saturated carbocycles. The lowest BCUT2D eigenvalue weighted by Gasteiger charge is -2.32. The van der Waals surface area contributed by atoms with Gasteiger partial charge in [-0.3, -0.25) is 0 Å². The highest BCUT2D eigenvalue weighted by Gasteiger charge is 2.38. The molecule has 0 aromatic carbocycles. The Morgan fingerprint density at radius 2 is 2.00 bits per heavy atom. The second-order valence-corrected chi connectivity index (χ2v) is 6.03. The molecule has 2 fully saturated rings. The second kappa shape index (κ2) is 6.85. The minimum absolute atomic E-state index is 0.299. The molecular weight excluding hydrogens is 270 g/mol. The molecule has 1 aliphatic heterocycles. The molecule has 1 N–H and O–H groups in total. The van der Waals surface area contributed by atoms with E-state index in [4.69, 9.17) is 14.0 Å². The van der Waals surface area contributed by atoms with Crippen LogP contribution in [-0.2, 0) is 21.7 Å². The Bertz CT molecular complexity index is 437. The third kappa shape index (κ3) is 3.44. The highest BCUT2D eigenvalue weighted by Crippen LogP contribution is 2.38. The summed E-state index contributed by atoms with van der Waals surface area (Å²) in [6.45, 7) is 2.44. The fraction of sp³-hybridized carbons (Fsp3) is 0.867. The Balaban J connectivity index is 1.59. The van der Waals surface area contributed by atoms with Crippen molar-refractivity contribution in [2.45, 2.75) is 63.3 Å². The number of hydrogen-bond acceptors (Lipinski definition) is 6. The molecule has 6 heteroatoms. The van der Waals surface area contributed by atoms with E-state index in [0.29, 0.717) is 24.4 Å². The first-order chi connectivity index (χ1) is 10.3. The summed E-state index contributed by atoms with van der Waals surface area (Å²) in [6, 6.07) is 0. The molecule has 0 unspecified atom stereocenters. The lowest BCUT2D eigenvalue weighted by Crippen LogP contribution is -2.33. The van der Waals surface area contributed by atoms with E-state index in [-0.39, 0.29) is 5.60 Å². The van der Waals surface area contributed by atoms with E-state index in [1.54, 1.807) is 7.11 Å². The van der Waals surface area contributed by atoms with Crippen molar-refractivity contribution in [3.63, 3.8) is 0 Å². The molecule has 0 radical (unpaired) electrons. The van der Waals surface area contributed by atoms with Gasteiger partial charge in [-0.2, -0.15) is 4.98 Å². The topological polar surface area (TPSA) is 69.4 Å². The van der Waals surface area contributed by atoms with Crippen LogP contribution in [0.15, 0.2) is 4.52 Å². The Kier molecular flexibility index (Phi) is 4.87. The van der Waals surface area contributed by atoms with E-state index in [2.05, 4.69) is 15.5 Å². The number of nitrogens with one attached hydrogen (secondary N) is 1. The molecule has 3 rings (SSSR count). The summed E-state index contributed by atoms with van der Waals surface area (Å²) < 4.78 is 17.0. The average Bonchev–Trinajstić information content (AvgIpc) is 3.04. The monoisotopic (exact) mass is 295 g/mol. The van der Waals surface area contributed by atoms with Crippen molar-refractivity contribution >= 4 is 0 Å². The quantitative estimate of drug-likeness (QED) is 0.897. The van der Waals surface area contributed by atoms with Crippen LogP contribution in [0.1, 0.15) is 56.7 Å². The van der Waals surface area contributed by atoms with E-state index >= 15 is 0 Å². The summed E-state index contributed by atoms with van der Waals surface area (Å²) in [7, 11) is 1.74. The number of rotatable bonds is 5. The fourth-order valence-corrected chi connectivity index (χ4v) is 3.29. The summed E-state index contributed by atoms with van der Waals surface area (Å²) in [4.78, 5) is 4.52. The zero-order valence-electron chi connectivity index (χ0n) is 12.8. The van der Waals surface area contributed by atoms with Gasteiger partial charge in [-0.25, -0.2) is 0 Å². The third-order valence-corrected chi connectivity index (χ3v) is 4.66. The lowest BCUT2D eigenvalue weighted by atomic mass is 9.84. The standard InChI is InChI=1S/C15H25N3O3/c1-19-15(7-3-2-4-8-15)14-17-13(21-18-14)11-20-12-5-9-16-10-6-12/h12,16H,2-11H2,1H3. The molecule has 118 valence electrons. The number of methoxy groups -OCH3 is 1. The maximum atomic E-state index is 5.86. The Hall–Kier alpha value is -0.980. The summed E-state index contributed by atoms with van der Waals surface area (Å²) in [5, 5.41) is 7.47. The smallest absolute Gasteiger partial charge is 0.252 e. The van der Waals surface area contributed by atoms with E-state index in [1.165, 1.54) is 6.42 Å². The number of aromatic nitrogens is 2. The van der Waals surface area contributed by atoms with Gasteiger partial charge in [0.05, 0.1) is 6.10 Å². The molecule has 1 aromatic heterocycles. The Labute approximate surface area is 125 Å². The maximum absolute atomic E-state index is 5.86. The van der Waals surface area contributed by atoms with Gasteiger partial charge in [0.25, 0.3) is 5.89 Å². The highest BCUT2D eigenvalue weighted by atomic mass is 16.5. The lowest BCUT2D eigenvalue weighted by molar-refractivity contribution is -0.0527. The van der Waals surface area contributed by atoms with Crippen molar-refractivity contribution in [1.29, 1.82) is 0 Å². The average molecular weight is 295 g/mol. The van der Waals surface area contributed by atoms with E-state index in [1.807, 2.05) is 0 Å². The van der Waals surface area contributed by atoms with Gasteiger partial charge in [-0.15, -0.1) is 0 Å². The van der Waals surface area contributed by atoms with Crippen LogP contribution in [-0.4, -0.2) is 36.4 Å². The zero-order valence-corrected chi connectivity index (χ0v) is 12.8. The summed E-state index contributed by atoms with van der Waals surface area (Å²) in [5.41, 5.74) is -0.352. The van der Waals surface area contributed by atoms with Gasteiger partial charge in [0.1, 0.15) is 12.2 Å². The maximum Gasteiger partial charge on any atom is 0.252 e. The van der Waals surface area contributed by atoms with Crippen LogP contribution in [0.5, 0.6) is 0 Å². The third-order valence-electron chi connectivity index (χ3n) is 4.66. The van der Waals surface area contributed by atoms with Crippen LogP contribution in [0, 0.1) is 0 Å². The molecule has 0 amide bonds. The van der Waals surface area contributed by atoms with Crippen LogP contribution in [0.25, 0.3) is 0 Å². The Morgan fingerprint density at radius 1 is 1.24 bits per heavy atom. The van der Waals surface area contributed by atoms with Crippen LogP contribution in [0.3, 0.4) is 0 Å². The minimum Gasteiger partial charge on any atom is -0.370 e. The van der Waals surface area contributed by atoms with Crippen LogP contribution in [0.2, 0.25) is 0 Å². The van der Waals surface area contributed by atoms with Crippen LogP contribution >= 0.6 is 0 Å². The van der Waals surface area contributed by atoms with Gasteiger partial charge in [-0.1, -0.05) is 24.4 Å². The van der Waals surface area contributed by atoms with E-state index in [9.17, 15) is 0 Å². The molecule has 2 aliphatic rings. The highest BCUT2D eigenvalue weighted by molar-refractivity contribution is 5.03. The summed E-state index contributed by atoms with van der Waals surface area (Å²) in [5.74, 6) is 1.25. The van der Waals surface area contributed by atoms with Gasteiger partial charge in [0.2, 0.25) is 5.82 Å². The normalized spacial score (nSPS) is 23.3. The van der Waals surface area contributed by atoms with Crippen molar-refractivity contribution in [3.05, 3.63) is 11.7 Å². The van der Waals surface area contributed by atoms with Gasteiger partial charge in [-0.05, 0) is 38.8 Å². The molecule has 2 heterocycles. The molecule has 0 spiro atoms. The van der Waals surface area contributed by atoms with Gasteiger partial charge >= 0.3 is 0 Å². The summed E-state index contributed by atoms with van der Waals surface area (Å²) >= 11 is 0. The Morgan fingerprint density at radius 3 is 2.71 bits per heavy atom. The van der Waals surface area contributed by atoms with Gasteiger partial charge in [0.15, 0.2) is 0 Å². The van der Waals surface area contributed by atoms with Crippen molar-refractivity contribution in [2.75, 3.05) is 20.2 Å². The van der Waals surface area contributed by atoms with E-state index in [0.717, 1.165) is 51.6 Å². The molecule has 0 bridgehead atoms. The fourth-order valence-electron chi connectivity index (χ4n) is 3.29. The minimum atomic E-state index is -0.352. The molecule has 1 aromatic rings. The molecular formula is C15H25N3O3. The summed E-state index contributed by atoms with van der Waals surface area (Å²) in [6.07, 6.45) is 7.90. The number of hydrogen-bond donors (Lipinski definition) is 1. The van der Waals surface area contributed by atoms with Crippen molar-refractivity contribution in [2.24, 2.45) is 0 Å². The first-order valence-electron chi connectivity index (χ1n) is 8.03. The first kappa shape index (κ1) is 14.9. The molecule has 1 saturated heterocycles. The van der Waals surface area contributed by atoms with Gasteiger partial charge in [0, 0.05) is 7.11 Å². The molecule has 1 aliphatic carbocycles. The molecule has 21 heavy (non-hydrogen) atoms. The zero-order chi connectivity index (χ0) is 14.5. The largest absolute Gasteiger partial charge is 0.370 e. The van der Waals surface area contributed by atoms with Crippen molar-refractivity contribution in [1.82, 2.24) is 15.5 Å². The van der Waals surface area contributed by atoms with Crippen LogP contribution in [0.4, 0.5) is 0 Å². The van der Waals surface area contributed by atoms with Gasteiger partial charge < -0.3 is 19.3 Å². The predicted octanol–water partition coefficient (Wildman–Crippen LogP) is 2.14. The first-order valence-corrected chi connectivity index (χ1v) is 8.03. The number of piperidine rings is 1.